The van der Waals surface area contributed by atoms with Gasteiger partial charge in [-0.15, -0.1) is 11.3 Å². The summed E-state index contributed by atoms with van der Waals surface area (Å²) in [4.78, 5) is 27.5. The smallest absolute Gasteiger partial charge is 0.355 e. The maximum Gasteiger partial charge on any atom is 0.355 e. The molecule has 0 saturated heterocycles. The Labute approximate surface area is 108 Å². The Morgan fingerprint density at radius 3 is 2.83 bits per heavy atom. The predicted molar refractivity (Wildman–Crippen MR) is 65.6 cm³/mol. The summed E-state index contributed by atoms with van der Waals surface area (Å²) >= 11 is 1.18. The van der Waals surface area contributed by atoms with Crippen molar-refractivity contribution < 1.29 is 19.8 Å². The highest BCUT2D eigenvalue weighted by molar-refractivity contribution is 7.09. The maximum absolute atomic E-state index is 11.6. The Morgan fingerprint density at radius 1 is 1.56 bits per heavy atom. The molecule has 2 amide bonds. The lowest BCUT2D eigenvalue weighted by molar-refractivity contribution is 0.0691. The fraction of sp³-hybridized carbons (Fsp3) is 0.500. The van der Waals surface area contributed by atoms with E-state index in [9.17, 15) is 9.59 Å². The Hall–Kier alpha value is -1.67. The van der Waals surface area contributed by atoms with Crippen molar-refractivity contribution in [1.82, 2.24) is 15.2 Å². The number of carboxylic acid groups (broad SMARTS) is 1. The molecule has 0 saturated carbocycles. The third-order valence-corrected chi connectivity index (χ3v) is 3.01. The zero-order valence-corrected chi connectivity index (χ0v) is 10.7. The lowest BCUT2D eigenvalue weighted by Crippen LogP contribution is -2.37. The number of nitrogens with zero attached hydrogens (tertiary/aromatic N) is 2. The monoisotopic (exact) mass is 273 g/mol. The highest BCUT2D eigenvalue weighted by Gasteiger charge is 2.11. The van der Waals surface area contributed by atoms with Gasteiger partial charge in [-0.25, -0.2) is 14.6 Å². The molecule has 0 bridgehead atoms. The van der Waals surface area contributed by atoms with Crippen LogP contribution < -0.4 is 5.32 Å². The number of aliphatic hydroxyl groups is 1. The van der Waals surface area contributed by atoms with E-state index in [-0.39, 0.29) is 24.9 Å². The van der Waals surface area contributed by atoms with Crippen LogP contribution in [0, 0.1) is 0 Å². The molecule has 0 spiro atoms. The van der Waals surface area contributed by atoms with Crippen LogP contribution in [0.5, 0.6) is 0 Å². The van der Waals surface area contributed by atoms with E-state index >= 15 is 0 Å². The van der Waals surface area contributed by atoms with E-state index in [1.165, 1.54) is 21.6 Å². The summed E-state index contributed by atoms with van der Waals surface area (Å²) in [5.74, 6) is -1.08. The lowest BCUT2D eigenvalue weighted by atomic mass is 10.4. The molecule has 7 nitrogen and oxygen atoms in total. The van der Waals surface area contributed by atoms with E-state index < -0.39 is 5.97 Å². The number of amides is 2. The van der Waals surface area contributed by atoms with Crippen LogP contribution in [0.15, 0.2) is 5.38 Å². The van der Waals surface area contributed by atoms with Gasteiger partial charge in [0.05, 0.1) is 6.54 Å². The fourth-order valence-electron chi connectivity index (χ4n) is 1.19. The van der Waals surface area contributed by atoms with Gasteiger partial charge in [0.15, 0.2) is 5.69 Å². The van der Waals surface area contributed by atoms with Crippen LogP contribution in [-0.4, -0.2) is 52.3 Å². The molecule has 1 aromatic rings. The normalized spacial score (nSPS) is 10.1. The summed E-state index contributed by atoms with van der Waals surface area (Å²) in [6, 6.07) is -0.282. The van der Waals surface area contributed by atoms with Gasteiger partial charge in [0, 0.05) is 25.6 Å². The molecule has 100 valence electrons. The maximum atomic E-state index is 11.6. The highest BCUT2D eigenvalue weighted by Crippen LogP contribution is 2.09. The SMILES string of the molecule is CN(CCCO)C(=O)NCc1nc(C(=O)O)cs1. The van der Waals surface area contributed by atoms with E-state index in [0.717, 1.165) is 0 Å². The second-order valence-electron chi connectivity index (χ2n) is 3.59. The number of urea groups is 1. The molecule has 3 N–H and O–H groups in total. The van der Waals surface area contributed by atoms with E-state index in [0.29, 0.717) is 18.0 Å². The molecular formula is C10H15N3O4S. The van der Waals surface area contributed by atoms with Gasteiger partial charge in [0.2, 0.25) is 0 Å². The first-order valence-corrected chi connectivity index (χ1v) is 6.20. The van der Waals surface area contributed by atoms with Crippen LogP contribution >= 0.6 is 11.3 Å². The van der Waals surface area contributed by atoms with Crippen LogP contribution in [-0.2, 0) is 6.54 Å². The number of hydrogen-bond acceptors (Lipinski definition) is 5. The van der Waals surface area contributed by atoms with Crippen molar-refractivity contribution in [2.75, 3.05) is 20.2 Å². The number of carboxylic acids is 1. The molecule has 0 aliphatic rings. The number of aliphatic hydroxyl groups excluding tert-OH is 1. The van der Waals surface area contributed by atoms with E-state index in [1.807, 2.05) is 0 Å². The van der Waals surface area contributed by atoms with E-state index in [2.05, 4.69) is 10.3 Å². The molecule has 8 heteroatoms. The highest BCUT2D eigenvalue weighted by atomic mass is 32.1. The van der Waals surface area contributed by atoms with Gasteiger partial charge in [-0.2, -0.15) is 0 Å². The van der Waals surface area contributed by atoms with Crippen molar-refractivity contribution >= 4 is 23.3 Å². The third kappa shape index (κ3) is 4.30. The van der Waals surface area contributed by atoms with Crippen LogP contribution in [0.2, 0.25) is 0 Å². The second kappa shape index (κ2) is 6.92. The van der Waals surface area contributed by atoms with Gasteiger partial charge in [0.25, 0.3) is 0 Å². The molecule has 18 heavy (non-hydrogen) atoms. The van der Waals surface area contributed by atoms with Crippen LogP contribution in [0.25, 0.3) is 0 Å². The van der Waals surface area contributed by atoms with Crippen molar-refractivity contribution in [3.05, 3.63) is 16.1 Å². The summed E-state index contributed by atoms with van der Waals surface area (Å²) in [7, 11) is 1.62. The van der Waals surface area contributed by atoms with Gasteiger partial charge in [0.1, 0.15) is 5.01 Å². The first-order chi connectivity index (χ1) is 8.54. The summed E-state index contributed by atoms with van der Waals surface area (Å²) in [5.41, 5.74) is -0.0158. The van der Waals surface area contributed by atoms with Crippen LogP contribution in [0.4, 0.5) is 4.79 Å². The molecule has 1 aromatic heterocycles. The predicted octanol–water partition coefficient (Wildman–Crippen LogP) is 0.365. The quantitative estimate of drug-likeness (QED) is 0.694. The summed E-state index contributed by atoms with van der Waals surface area (Å²) in [6.07, 6.45) is 0.518. The van der Waals surface area contributed by atoms with Gasteiger partial charge in [-0.1, -0.05) is 0 Å². The molecular weight excluding hydrogens is 258 g/mol. The average Bonchev–Trinajstić information content (AvgIpc) is 2.81. The molecule has 0 fully saturated rings. The molecule has 1 heterocycles. The summed E-state index contributed by atoms with van der Waals surface area (Å²) < 4.78 is 0. The van der Waals surface area contributed by atoms with Crippen LogP contribution in [0.1, 0.15) is 21.9 Å². The minimum Gasteiger partial charge on any atom is -0.476 e. The number of thiazole rings is 1. The molecule has 0 aliphatic carbocycles. The Kier molecular flexibility index (Phi) is 5.53. The Balaban J connectivity index is 2.39. The van der Waals surface area contributed by atoms with Crippen molar-refractivity contribution in [3.8, 4) is 0 Å². The topological polar surface area (TPSA) is 103 Å². The molecule has 0 radical (unpaired) electrons. The number of hydrogen-bond donors (Lipinski definition) is 3. The van der Waals surface area contributed by atoms with Crippen molar-refractivity contribution in [2.24, 2.45) is 0 Å². The van der Waals surface area contributed by atoms with Gasteiger partial charge >= 0.3 is 12.0 Å². The molecule has 0 atom stereocenters. The van der Waals surface area contributed by atoms with Gasteiger partial charge in [-0.05, 0) is 6.42 Å². The van der Waals surface area contributed by atoms with Crippen LogP contribution in [0.3, 0.4) is 0 Å². The molecule has 0 aliphatic heterocycles. The minimum absolute atomic E-state index is 0.0158. The lowest BCUT2D eigenvalue weighted by Gasteiger charge is -2.16. The zero-order chi connectivity index (χ0) is 13.5. The van der Waals surface area contributed by atoms with Gasteiger partial charge in [-0.3, -0.25) is 0 Å². The molecule has 1 rings (SSSR count). The number of aromatic nitrogens is 1. The minimum atomic E-state index is -1.08. The fourth-order valence-corrected chi connectivity index (χ4v) is 1.89. The molecule has 0 aromatic carbocycles. The average molecular weight is 273 g/mol. The first-order valence-electron chi connectivity index (χ1n) is 5.32. The second-order valence-corrected chi connectivity index (χ2v) is 4.53. The number of aromatic carboxylic acids is 1. The number of nitrogens with one attached hydrogen (secondary N) is 1. The van der Waals surface area contributed by atoms with Crippen molar-refractivity contribution in [3.63, 3.8) is 0 Å². The number of carbonyl (C=O) groups is 2. The summed E-state index contributed by atoms with van der Waals surface area (Å²) in [6.45, 7) is 0.687. The zero-order valence-electron chi connectivity index (χ0n) is 9.92. The summed E-state index contributed by atoms with van der Waals surface area (Å²) in [5, 5.41) is 21.9. The van der Waals surface area contributed by atoms with Crippen molar-refractivity contribution in [2.45, 2.75) is 13.0 Å². The Bertz CT molecular complexity index is 421. The van der Waals surface area contributed by atoms with E-state index in [4.69, 9.17) is 10.2 Å². The largest absolute Gasteiger partial charge is 0.476 e. The van der Waals surface area contributed by atoms with Gasteiger partial charge < -0.3 is 20.4 Å². The Morgan fingerprint density at radius 2 is 2.28 bits per heavy atom. The first kappa shape index (κ1) is 14.4. The number of carbonyl (C=O) groups excluding carboxylic acids is 1. The number of rotatable bonds is 6. The van der Waals surface area contributed by atoms with E-state index in [1.54, 1.807) is 7.05 Å². The standard InChI is InChI=1S/C10H15N3O4S/c1-13(3-2-4-14)10(17)11-5-8-12-7(6-18-8)9(15)16/h6,14H,2-5H2,1H3,(H,11,17)(H,15,16). The molecule has 0 unspecified atom stereocenters. The van der Waals surface area contributed by atoms with Crippen molar-refractivity contribution in [1.29, 1.82) is 0 Å². The third-order valence-electron chi connectivity index (χ3n) is 2.16.